The largest absolute Gasteiger partial charge is 0.378 e. The second-order valence-electron chi connectivity index (χ2n) is 9.28. The van der Waals surface area contributed by atoms with E-state index in [-0.39, 0.29) is 17.9 Å². The maximum Gasteiger partial charge on any atom is 0.257 e. The van der Waals surface area contributed by atoms with Gasteiger partial charge in [0, 0.05) is 25.8 Å². The SMILES string of the molecule is Cc1ccc(C(C)(C)C(=O)N2CCC[C@@H]2c2ncc(C(=O)N3CCOCC3)c(C)n2)cc1. The van der Waals surface area contributed by atoms with Gasteiger partial charge in [-0.25, -0.2) is 9.97 Å². The highest BCUT2D eigenvalue weighted by molar-refractivity contribution is 5.95. The van der Waals surface area contributed by atoms with Gasteiger partial charge in [-0.15, -0.1) is 0 Å². The molecule has 1 aromatic carbocycles. The second-order valence-corrected chi connectivity index (χ2v) is 9.28. The third kappa shape index (κ3) is 4.26. The second kappa shape index (κ2) is 8.98. The van der Waals surface area contributed by atoms with Crippen molar-refractivity contribution in [1.29, 1.82) is 0 Å². The summed E-state index contributed by atoms with van der Waals surface area (Å²) in [6.45, 7) is 10.8. The summed E-state index contributed by atoms with van der Waals surface area (Å²) in [7, 11) is 0. The Morgan fingerprint density at radius 3 is 2.41 bits per heavy atom. The van der Waals surface area contributed by atoms with Crippen molar-refractivity contribution < 1.29 is 14.3 Å². The van der Waals surface area contributed by atoms with Gasteiger partial charge < -0.3 is 14.5 Å². The molecule has 2 amide bonds. The van der Waals surface area contributed by atoms with E-state index >= 15 is 0 Å². The van der Waals surface area contributed by atoms with Crippen LogP contribution in [-0.4, -0.2) is 64.4 Å². The number of carbonyl (C=O) groups excluding carboxylic acids is 2. The molecule has 3 heterocycles. The van der Waals surface area contributed by atoms with Crippen LogP contribution in [-0.2, 0) is 14.9 Å². The highest BCUT2D eigenvalue weighted by Gasteiger charge is 2.40. The number of rotatable bonds is 4. The van der Waals surface area contributed by atoms with E-state index in [1.807, 2.05) is 56.9 Å². The van der Waals surface area contributed by atoms with Gasteiger partial charge in [-0.2, -0.15) is 0 Å². The summed E-state index contributed by atoms with van der Waals surface area (Å²) in [5.74, 6) is 0.641. The van der Waals surface area contributed by atoms with Gasteiger partial charge >= 0.3 is 0 Å². The van der Waals surface area contributed by atoms with Crippen molar-refractivity contribution in [3.63, 3.8) is 0 Å². The quantitative estimate of drug-likeness (QED) is 0.736. The van der Waals surface area contributed by atoms with Crippen molar-refractivity contribution in [2.24, 2.45) is 0 Å². The van der Waals surface area contributed by atoms with Crippen molar-refractivity contribution in [2.45, 2.75) is 52.0 Å². The van der Waals surface area contributed by atoms with Crippen molar-refractivity contribution >= 4 is 11.8 Å². The first-order chi connectivity index (χ1) is 15.3. The van der Waals surface area contributed by atoms with Crippen LogP contribution in [0, 0.1) is 13.8 Å². The number of morpholine rings is 1. The smallest absolute Gasteiger partial charge is 0.257 e. The molecule has 2 aliphatic rings. The molecule has 32 heavy (non-hydrogen) atoms. The molecule has 2 fully saturated rings. The summed E-state index contributed by atoms with van der Waals surface area (Å²) in [6, 6.07) is 7.99. The monoisotopic (exact) mass is 436 g/mol. The Morgan fingerprint density at radius 1 is 1.06 bits per heavy atom. The lowest BCUT2D eigenvalue weighted by atomic mass is 9.82. The van der Waals surface area contributed by atoms with Crippen molar-refractivity contribution in [3.05, 3.63) is 58.7 Å². The zero-order valence-electron chi connectivity index (χ0n) is 19.4. The molecule has 7 heteroatoms. The minimum absolute atomic E-state index is 0.0581. The summed E-state index contributed by atoms with van der Waals surface area (Å²) < 4.78 is 5.34. The van der Waals surface area contributed by atoms with Crippen LogP contribution in [0.15, 0.2) is 30.5 Å². The number of hydrogen-bond donors (Lipinski definition) is 0. The van der Waals surface area contributed by atoms with Gasteiger partial charge in [-0.05, 0) is 46.1 Å². The molecule has 0 aliphatic carbocycles. The number of ether oxygens (including phenoxy) is 1. The predicted molar refractivity (Wildman–Crippen MR) is 121 cm³/mol. The minimum atomic E-state index is -0.641. The Balaban J connectivity index is 1.55. The van der Waals surface area contributed by atoms with Crippen LogP contribution in [0.3, 0.4) is 0 Å². The molecule has 1 atom stereocenters. The van der Waals surface area contributed by atoms with Crippen molar-refractivity contribution in [1.82, 2.24) is 19.8 Å². The van der Waals surface area contributed by atoms with E-state index in [2.05, 4.69) is 9.97 Å². The molecule has 2 aromatic rings. The molecule has 0 radical (unpaired) electrons. The van der Waals surface area contributed by atoms with E-state index in [1.165, 1.54) is 5.56 Å². The number of benzene rings is 1. The first kappa shape index (κ1) is 22.4. The lowest BCUT2D eigenvalue weighted by Crippen LogP contribution is -2.43. The number of nitrogens with zero attached hydrogens (tertiary/aromatic N) is 4. The third-order valence-electron chi connectivity index (χ3n) is 6.65. The molecule has 2 aliphatic heterocycles. The van der Waals surface area contributed by atoms with Gasteiger partial charge in [0.25, 0.3) is 5.91 Å². The Bertz CT molecular complexity index is 997. The number of carbonyl (C=O) groups is 2. The van der Waals surface area contributed by atoms with Gasteiger partial charge in [-0.3, -0.25) is 9.59 Å². The number of aryl methyl sites for hydroxylation is 2. The Kier molecular flexibility index (Phi) is 6.29. The van der Waals surface area contributed by atoms with Gasteiger partial charge in [0.1, 0.15) is 0 Å². The Hall–Kier alpha value is -2.80. The number of likely N-dealkylation sites (tertiary alicyclic amines) is 1. The molecule has 170 valence electrons. The molecular weight excluding hydrogens is 404 g/mol. The molecule has 0 spiro atoms. The van der Waals surface area contributed by atoms with Crippen LogP contribution in [0.25, 0.3) is 0 Å². The topological polar surface area (TPSA) is 75.6 Å². The lowest BCUT2D eigenvalue weighted by Gasteiger charge is -2.33. The highest BCUT2D eigenvalue weighted by atomic mass is 16.5. The maximum absolute atomic E-state index is 13.6. The maximum atomic E-state index is 13.6. The number of aromatic nitrogens is 2. The van der Waals surface area contributed by atoms with E-state index < -0.39 is 5.41 Å². The third-order valence-corrected chi connectivity index (χ3v) is 6.65. The Labute approximate surface area is 189 Å². The molecule has 7 nitrogen and oxygen atoms in total. The van der Waals surface area contributed by atoms with Gasteiger partial charge in [0.05, 0.1) is 35.9 Å². The molecule has 0 bridgehead atoms. The minimum Gasteiger partial charge on any atom is -0.378 e. The van der Waals surface area contributed by atoms with E-state index in [0.717, 1.165) is 18.4 Å². The first-order valence-corrected chi connectivity index (χ1v) is 11.4. The van der Waals surface area contributed by atoms with Crippen LogP contribution in [0.1, 0.15) is 65.7 Å². The van der Waals surface area contributed by atoms with E-state index in [0.29, 0.717) is 49.9 Å². The summed E-state index contributed by atoms with van der Waals surface area (Å²) in [5.41, 5.74) is 2.71. The fourth-order valence-electron chi connectivity index (χ4n) is 4.52. The van der Waals surface area contributed by atoms with Gasteiger partial charge in [-0.1, -0.05) is 29.8 Å². The highest BCUT2D eigenvalue weighted by Crippen LogP contribution is 2.35. The average molecular weight is 437 g/mol. The molecule has 4 rings (SSSR count). The lowest BCUT2D eigenvalue weighted by molar-refractivity contribution is -0.137. The zero-order chi connectivity index (χ0) is 22.9. The van der Waals surface area contributed by atoms with Gasteiger partial charge in [0.15, 0.2) is 5.82 Å². The average Bonchev–Trinajstić information content (AvgIpc) is 3.28. The standard InChI is InChI=1S/C25H32N4O3/c1-17-7-9-19(10-8-17)25(3,4)24(31)29-11-5-6-21(29)22-26-16-20(18(2)27-22)23(30)28-12-14-32-15-13-28/h7-10,16,21H,5-6,11-15H2,1-4H3/t21-/m1/s1. The van der Waals surface area contributed by atoms with Crippen LogP contribution >= 0.6 is 0 Å². The van der Waals surface area contributed by atoms with E-state index in [4.69, 9.17) is 4.74 Å². The Morgan fingerprint density at radius 2 is 1.75 bits per heavy atom. The molecule has 0 saturated carbocycles. The van der Waals surface area contributed by atoms with Crippen LogP contribution in [0.2, 0.25) is 0 Å². The molecule has 0 unspecified atom stereocenters. The summed E-state index contributed by atoms with van der Waals surface area (Å²) >= 11 is 0. The number of hydrogen-bond acceptors (Lipinski definition) is 5. The van der Waals surface area contributed by atoms with Crippen LogP contribution in [0.5, 0.6) is 0 Å². The summed E-state index contributed by atoms with van der Waals surface area (Å²) in [4.78, 5) is 39.4. The fraction of sp³-hybridized carbons (Fsp3) is 0.520. The zero-order valence-corrected chi connectivity index (χ0v) is 19.4. The first-order valence-electron chi connectivity index (χ1n) is 11.4. The van der Waals surface area contributed by atoms with Crippen molar-refractivity contribution in [2.75, 3.05) is 32.8 Å². The van der Waals surface area contributed by atoms with E-state index in [9.17, 15) is 9.59 Å². The number of amides is 2. The summed E-state index contributed by atoms with van der Waals surface area (Å²) in [6.07, 6.45) is 3.37. The summed E-state index contributed by atoms with van der Waals surface area (Å²) in [5, 5.41) is 0. The van der Waals surface area contributed by atoms with Gasteiger partial charge in [0.2, 0.25) is 5.91 Å². The molecule has 1 aromatic heterocycles. The molecular formula is C25H32N4O3. The normalized spacial score (nSPS) is 19.3. The fourth-order valence-corrected chi connectivity index (χ4v) is 4.52. The van der Waals surface area contributed by atoms with E-state index in [1.54, 1.807) is 11.1 Å². The molecule has 2 saturated heterocycles. The molecule has 0 N–H and O–H groups in total. The van der Waals surface area contributed by atoms with Crippen LogP contribution < -0.4 is 0 Å². The predicted octanol–water partition coefficient (Wildman–Crippen LogP) is 3.21. The van der Waals surface area contributed by atoms with Crippen LogP contribution in [0.4, 0.5) is 0 Å². The van der Waals surface area contributed by atoms with Crippen molar-refractivity contribution in [3.8, 4) is 0 Å².